The van der Waals surface area contributed by atoms with Gasteiger partial charge in [0.15, 0.2) is 0 Å². The van der Waals surface area contributed by atoms with E-state index in [-0.39, 0.29) is 35.5 Å². The first-order chi connectivity index (χ1) is 22.5. The molecule has 8 nitrogen and oxygen atoms in total. The van der Waals surface area contributed by atoms with Gasteiger partial charge in [-0.15, -0.1) is 0 Å². The average molecular weight is 660 g/mol. The molecular weight excluding hydrogens is 617 g/mol. The summed E-state index contributed by atoms with van der Waals surface area (Å²) in [4.78, 5) is 29.8. The molecule has 0 bridgehead atoms. The maximum Gasteiger partial charge on any atom is 0.264 e. The summed E-state index contributed by atoms with van der Waals surface area (Å²) >= 11 is 0. The van der Waals surface area contributed by atoms with E-state index in [9.17, 15) is 22.4 Å². The number of amides is 2. The molecule has 4 rings (SSSR count). The smallest absolute Gasteiger partial charge is 0.264 e. The van der Waals surface area contributed by atoms with Crippen LogP contribution in [-0.4, -0.2) is 50.4 Å². The lowest BCUT2D eigenvalue weighted by Gasteiger charge is -2.34. The zero-order valence-corrected chi connectivity index (χ0v) is 28.0. The molecule has 0 aliphatic carbocycles. The van der Waals surface area contributed by atoms with Crippen LogP contribution in [0.15, 0.2) is 108 Å². The molecule has 0 aliphatic rings. The summed E-state index contributed by atoms with van der Waals surface area (Å²) in [5, 5.41) is 3.03. The maximum absolute atomic E-state index is 14.6. The number of benzene rings is 4. The van der Waals surface area contributed by atoms with Crippen LogP contribution in [0.2, 0.25) is 0 Å². The Bertz CT molecular complexity index is 1730. The van der Waals surface area contributed by atoms with E-state index in [1.807, 2.05) is 82.3 Å². The molecule has 2 amide bonds. The van der Waals surface area contributed by atoms with Crippen LogP contribution in [0.25, 0.3) is 0 Å². The van der Waals surface area contributed by atoms with Gasteiger partial charge < -0.3 is 15.0 Å². The predicted octanol–water partition coefficient (Wildman–Crippen LogP) is 6.28. The molecule has 248 valence electrons. The third-order valence-electron chi connectivity index (χ3n) is 7.82. The van der Waals surface area contributed by atoms with Gasteiger partial charge in [-0.05, 0) is 86.8 Å². The third-order valence-corrected chi connectivity index (χ3v) is 9.61. The molecule has 0 fully saturated rings. The van der Waals surface area contributed by atoms with Crippen LogP contribution in [0.5, 0.6) is 5.75 Å². The highest BCUT2D eigenvalue weighted by molar-refractivity contribution is 7.92. The van der Waals surface area contributed by atoms with Crippen molar-refractivity contribution >= 4 is 27.5 Å². The number of aryl methyl sites for hydroxylation is 1. The lowest BCUT2D eigenvalue weighted by Crippen LogP contribution is -2.54. The first-order valence-corrected chi connectivity index (χ1v) is 17.2. The molecule has 0 saturated heterocycles. The second kappa shape index (κ2) is 16.2. The number of nitrogens with one attached hydrogen (secondary N) is 1. The van der Waals surface area contributed by atoms with Crippen molar-refractivity contribution in [3.8, 4) is 5.75 Å². The van der Waals surface area contributed by atoms with Crippen molar-refractivity contribution in [3.63, 3.8) is 0 Å². The van der Waals surface area contributed by atoms with Gasteiger partial charge in [-0.25, -0.2) is 12.8 Å². The Hall–Kier alpha value is -4.70. The van der Waals surface area contributed by atoms with Crippen molar-refractivity contribution in [3.05, 3.63) is 126 Å². The summed E-state index contributed by atoms with van der Waals surface area (Å²) in [6, 6.07) is 26.8. The molecule has 0 aliphatic heterocycles. The van der Waals surface area contributed by atoms with Crippen LogP contribution >= 0.6 is 0 Å². The molecular formula is C37H42FN3O5S. The molecule has 0 aromatic heterocycles. The van der Waals surface area contributed by atoms with Gasteiger partial charge in [0, 0.05) is 19.0 Å². The number of anilines is 1. The van der Waals surface area contributed by atoms with E-state index in [1.54, 1.807) is 24.3 Å². The largest absolute Gasteiger partial charge is 0.494 e. The molecule has 4 aromatic rings. The molecule has 47 heavy (non-hydrogen) atoms. The quantitative estimate of drug-likeness (QED) is 0.162. The number of rotatable bonds is 15. The second-order valence-electron chi connectivity index (χ2n) is 11.4. The fourth-order valence-corrected chi connectivity index (χ4v) is 6.55. The van der Waals surface area contributed by atoms with E-state index in [4.69, 9.17) is 4.74 Å². The molecule has 4 aromatic carbocycles. The Morgan fingerprint density at radius 1 is 0.872 bits per heavy atom. The Morgan fingerprint density at radius 3 is 2.15 bits per heavy atom. The molecule has 0 spiro atoms. The fraction of sp³-hybridized carbons (Fsp3) is 0.297. The molecule has 0 heterocycles. The standard InChI is InChI=1S/C37H42FN3O5S/c1-5-28(4)39-37(43)35(24-29-12-8-7-9-13-29)40(25-30-14-10-11-27(3)23-30)36(42)26-41(32-17-19-33(20-18-32)46-6-2)47(44,45)34-21-15-31(38)16-22-34/h7-23,28,35H,5-6,24-26H2,1-4H3,(H,39,43)/t28-,35+/m1/s1. The summed E-state index contributed by atoms with van der Waals surface area (Å²) in [6.45, 7) is 7.51. The van der Waals surface area contributed by atoms with Crippen LogP contribution in [0.3, 0.4) is 0 Å². The molecule has 0 radical (unpaired) electrons. The van der Waals surface area contributed by atoms with Gasteiger partial charge in [0.25, 0.3) is 10.0 Å². The van der Waals surface area contributed by atoms with Crippen molar-refractivity contribution in [1.29, 1.82) is 0 Å². The van der Waals surface area contributed by atoms with Crippen LogP contribution in [0, 0.1) is 12.7 Å². The van der Waals surface area contributed by atoms with Crippen molar-refractivity contribution in [2.75, 3.05) is 17.5 Å². The number of sulfonamides is 1. The molecule has 0 unspecified atom stereocenters. The number of carbonyl (C=O) groups excluding carboxylic acids is 2. The van der Waals surface area contributed by atoms with Gasteiger partial charge >= 0.3 is 0 Å². The van der Waals surface area contributed by atoms with E-state index >= 15 is 0 Å². The lowest BCUT2D eigenvalue weighted by atomic mass is 10.0. The van der Waals surface area contributed by atoms with Gasteiger partial charge in [-0.3, -0.25) is 13.9 Å². The number of nitrogens with zero attached hydrogens (tertiary/aromatic N) is 2. The summed E-state index contributed by atoms with van der Waals surface area (Å²) in [5.74, 6) is -0.968. The van der Waals surface area contributed by atoms with Crippen molar-refractivity contribution in [1.82, 2.24) is 10.2 Å². The Balaban J connectivity index is 1.81. The monoisotopic (exact) mass is 659 g/mol. The highest BCUT2D eigenvalue weighted by atomic mass is 32.2. The van der Waals surface area contributed by atoms with Crippen LogP contribution in [-0.2, 0) is 32.6 Å². The number of halogens is 1. The Morgan fingerprint density at radius 2 is 1.53 bits per heavy atom. The van der Waals surface area contributed by atoms with Gasteiger partial charge in [-0.2, -0.15) is 0 Å². The van der Waals surface area contributed by atoms with Crippen molar-refractivity contribution < 1.29 is 27.1 Å². The van der Waals surface area contributed by atoms with E-state index in [0.29, 0.717) is 18.8 Å². The molecule has 0 saturated carbocycles. The average Bonchev–Trinajstić information content (AvgIpc) is 3.06. The van der Waals surface area contributed by atoms with E-state index in [2.05, 4.69) is 5.32 Å². The summed E-state index contributed by atoms with van der Waals surface area (Å²) < 4.78 is 48.6. The Labute approximate surface area is 277 Å². The number of carbonyl (C=O) groups is 2. The minimum absolute atomic E-state index is 0.0691. The van der Waals surface area contributed by atoms with Gasteiger partial charge in [-0.1, -0.05) is 67.1 Å². The highest BCUT2D eigenvalue weighted by Gasteiger charge is 2.35. The normalized spacial score (nSPS) is 12.5. The van der Waals surface area contributed by atoms with E-state index in [1.165, 1.54) is 17.0 Å². The third kappa shape index (κ3) is 9.42. The summed E-state index contributed by atoms with van der Waals surface area (Å²) in [5.41, 5.74) is 2.83. The van der Waals surface area contributed by atoms with Gasteiger partial charge in [0.05, 0.1) is 17.2 Å². The van der Waals surface area contributed by atoms with Crippen molar-refractivity contribution in [2.24, 2.45) is 0 Å². The van der Waals surface area contributed by atoms with Gasteiger partial charge in [0.2, 0.25) is 11.8 Å². The lowest BCUT2D eigenvalue weighted by molar-refractivity contribution is -0.140. The number of ether oxygens (including phenoxy) is 1. The minimum atomic E-state index is -4.35. The number of hydrogen-bond donors (Lipinski definition) is 1. The molecule has 1 N–H and O–H groups in total. The second-order valence-corrected chi connectivity index (χ2v) is 13.3. The van der Waals surface area contributed by atoms with Crippen LogP contribution < -0.4 is 14.4 Å². The van der Waals surface area contributed by atoms with E-state index < -0.39 is 34.3 Å². The maximum atomic E-state index is 14.6. The topological polar surface area (TPSA) is 96.0 Å². The van der Waals surface area contributed by atoms with Crippen LogP contribution in [0.4, 0.5) is 10.1 Å². The Kier molecular flexibility index (Phi) is 12.1. The first-order valence-electron chi connectivity index (χ1n) is 15.7. The molecule has 10 heteroatoms. The number of hydrogen-bond acceptors (Lipinski definition) is 5. The fourth-order valence-electron chi connectivity index (χ4n) is 5.14. The zero-order chi connectivity index (χ0) is 34.0. The summed E-state index contributed by atoms with van der Waals surface area (Å²) in [6.07, 6.45) is 0.908. The first kappa shape index (κ1) is 35.2. The predicted molar refractivity (Wildman–Crippen MR) is 182 cm³/mol. The van der Waals surface area contributed by atoms with Gasteiger partial charge in [0.1, 0.15) is 24.2 Å². The van der Waals surface area contributed by atoms with Crippen molar-refractivity contribution in [2.45, 2.75) is 64.1 Å². The zero-order valence-electron chi connectivity index (χ0n) is 27.2. The molecule has 2 atom stereocenters. The highest BCUT2D eigenvalue weighted by Crippen LogP contribution is 2.27. The SMILES string of the molecule is CCOc1ccc(N(CC(=O)N(Cc2cccc(C)c2)[C@@H](Cc2ccccc2)C(=O)N[C@H](C)CC)S(=O)(=O)c2ccc(F)cc2)cc1. The summed E-state index contributed by atoms with van der Waals surface area (Å²) in [7, 11) is -4.35. The van der Waals surface area contributed by atoms with Crippen LogP contribution in [0.1, 0.15) is 43.9 Å². The minimum Gasteiger partial charge on any atom is -0.494 e. The van der Waals surface area contributed by atoms with E-state index in [0.717, 1.165) is 33.1 Å².